The van der Waals surface area contributed by atoms with Crippen molar-refractivity contribution >= 4 is 23.4 Å². The minimum absolute atomic E-state index is 0.0701. The molecule has 1 aliphatic rings. The third-order valence-electron chi connectivity index (χ3n) is 9.29. The minimum Gasteiger partial charge on any atom is -0.497 e. The first-order chi connectivity index (χ1) is 24.4. The zero-order chi connectivity index (χ0) is 35.3. The smallest absolute Gasteiger partial charge is 0.325 e. The van der Waals surface area contributed by atoms with Crippen LogP contribution in [0.4, 0.5) is 21.0 Å². The number of carbonyl (C=O) groups excluding carboxylic acids is 2. The van der Waals surface area contributed by atoms with E-state index in [1.807, 2.05) is 46.2 Å². The van der Waals surface area contributed by atoms with Crippen LogP contribution in [0, 0.1) is 0 Å². The molecule has 9 nitrogen and oxygen atoms in total. The van der Waals surface area contributed by atoms with Gasteiger partial charge in [-0.3, -0.25) is 4.90 Å². The molecule has 50 heavy (non-hydrogen) atoms. The van der Waals surface area contributed by atoms with Gasteiger partial charge < -0.3 is 30.7 Å². The van der Waals surface area contributed by atoms with Crippen LogP contribution in [-0.2, 0) is 0 Å². The molecular weight excluding hydrogens is 626 g/mol. The van der Waals surface area contributed by atoms with E-state index in [1.165, 1.54) is 11.1 Å². The van der Waals surface area contributed by atoms with Gasteiger partial charge in [-0.15, -0.1) is 0 Å². The third-order valence-corrected chi connectivity index (χ3v) is 9.29. The number of methoxy groups -OCH3 is 2. The molecule has 9 heteroatoms. The fourth-order valence-electron chi connectivity index (χ4n) is 6.60. The molecule has 2 atom stereocenters. The van der Waals surface area contributed by atoms with E-state index < -0.39 is 0 Å². The van der Waals surface area contributed by atoms with Crippen LogP contribution in [0.3, 0.4) is 0 Å². The predicted octanol–water partition coefficient (Wildman–Crippen LogP) is 7.80. The number of nitrogens with one attached hydrogen (secondary N) is 2. The molecule has 0 bridgehead atoms. The number of nitrogens with two attached hydrogens (primary N) is 1. The molecule has 0 heterocycles. The van der Waals surface area contributed by atoms with Crippen molar-refractivity contribution in [3.05, 3.63) is 132 Å². The lowest BCUT2D eigenvalue weighted by atomic mass is 9.88. The second kappa shape index (κ2) is 17.9. The van der Waals surface area contributed by atoms with E-state index >= 15 is 0 Å². The Bertz CT molecular complexity index is 1630. The largest absolute Gasteiger partial charge is 0.497 e. The molecule has 4 aromatic carbocycles. The maximum absolute atomic E-state index is 14.9. The predicted molar refractivity (Wildman–Crippen MR) is 201 cm³/mol. The highest BCUT2D eigenvalue weighted by atomic mass is 16.5. The summed E-state index contributed by atoms with van der Waals surface area (Å²) in [6.45, 7) is 5.20. The maximum atomic E-state index is 14.9. The van der Waals surface area contributed by atoms with Crippen molar-refractivity contribution < 1.29 is 19.1 Å². The Labute approximate surface area is 296 Å². The molecule has 1 saturated carbocycles. The molecular formula is C41H49N5O4. The van der Waals surface area contributed by atoms with E-state index in [0.29, 0.717) is 35.7 Å². The van der Waals surface area contributed by atoms with Gasteiger partial charge in [-0.1, -0.05) is 80.1 Å². The Morgan fingerprint density at radius 2 is 1.38 bits per heavy atom. The second-order valence-electron chi connectivity index (χ2n) is 12.7. The number of benzene rings is 4. The number of hydrogen-bond donors (Lipinski definition) is 3. The molecule has 4 N–H and O–H groups in total. The summed E-state index contributed by atoms with van der Waals surface area (Å²) in [5, 5.41) is 5.74. The molecule has 4 aromatic rings. The molecule has 5 rings (SSSR count). The van der Waals surface area contributed by atoms with Crippen molar-refractivity contribution in [3.8, 4) is 11.5 Å². The first-order valence-electron chi connectivity index (χ1n) is 17.3. The SMILES string of the molecule is C=C(CNC(=O)Nc1ccc(OC)cc1)CN(CCC(c1ccccc1)c1ccccc1)C(=O)N(c1ccc(OC)cc1)[C@@H]1CCCC[C@H]1N. The number of urea groups is 2. The van der Waals surface area contributed by atoms with Gasteiger partial charge in [0.25, 0.3) is 0 Å². The topological polar surface area (TPSA) is 109 Å². The Kier molecular flexibility index (Phi) is 12.9. The van der Waals surface area contributed by atoms with Crippen molar-refractivity contribution in [3.63, 3.8) is 0 Å². The molecule has 1 fully saturated rings. The molecule has 0 spiro atoms. The average molecular weight is 676 g/mol. The van der Waals surface area contributed by atoms with E-state index in [2.05, 4.69) is 65.7 Å². The Balaban J connectivity index is 1.39. The maximum Gasteiger partial charge on any atom is 0.325 e. The molecule has 4 amide bonds. The highest BCUT2D eigenvalue weighted by molar-refractivity contribution is 5.93. The number of amides is 4. The number of carbonyl (C=O) groups is 2. The summed E-state index contributed by atoms with van der Waals surface area (Å²) in [7, 11) is 3.22. The van der Waals surface area contributed by atoms with Gasteiger partial charge in [0.1, 0.15) is 11.5 Å². The van der Waals surface area contributed by atoms with Crippen LogP contribution < -0.4 is 30.7 Å². The average Bonchev–Trinajstić information content (AvgIpc) is 3.16. The quantitative estimate of drug-likeness (QED) is 0.118. The Morgan fingerprint density at radius 1 is 0.820 bits per heavy atom. The molecule has 0 unspecified atom stereocenters. The summed E-state index contributed by atoms with van der Waals surface area (Å²) in [4.78, 5) is 31.4. The van der Waals surface area contributed by atoms with Gasteiger partial charge in [-0.2, -0.15) is 0 Å². The Hall–Kier alpha value is -5.28. The van der Waals surface area contributed by atoms with Crippen LogP contribution in [0.15, 0.2) is 121 Å². The molecule has 0 saturated heterocycles. The highest BCUT2D eigenvalue weighted by Crippen LogP contribution is 2.32. The third kappa shape index (κ3) is 9.66. The van der Waals surface area contributed by atoms with Gasteiger partial charge in [-0.25, -0.2) is 9.59 Å². The van der Waals surface area contributed by atoms with Crippen LogP contribution in [0.25, 0.3) is 0 Å². The fraction of sp³-hybridized carbons (Fsp3) is 0.317. The lowest BCUT2D eigenvalue weighted by Crippen LogP contribution is -2.56. The van der Waals surface area contributed by atoms with E-state index in [4.69, 9.17) is 15.2 Å². The van der Waals surface area contributed by atoms with Gasteiger partial charge >= 0.3 is 12.1 Å². The van der Waals surface area contributed by atoms with Crippen molar-refractivity contribution in [2.24, 2.45) is 5.73 Å². The summed E-state index contributed by atoms with van der Waals surface area (Å²) < 4.78 is 10.6. The summed E-state index contributed by atoms with van der Waals surface area (Å²) in [6.07, 6.45) is 4.41. The van der Waals surface area contributed by atoms with Gasteiger partial charge in [0.05, 0.1) is 20.3 Å². The number of nitrogens with zero attached hydrogens (tertiary/aromatic N) is 2. The van der Waals surface area contributed by atoms with Crippen LogP contribution in [-0.4, -0.2) is 62.9 Å². The zero-order valence-electron chi connectivity index (χ0n) is 29.1. The molecule has 0 radical (unpaired) electrons. The van der Waals surface area contributed by atoms with Gasteiger partial charge in [0.2, 0.25) is 0 Å². The van der Waals surface area contributed by atoms with E-state index in [1.54, 1.807) is 38.5 Å². The number of anilines is 2. The van der Waals surface area contributed by atoms with E-state index in [-0.39, 0.29) is 43.2 Å². The summed E-state index contributed by atoms with van der Waals surface area (Å²) in [6, 6.07) is 34.7. The zero-order valence-corrected chi connectivity index (χ0v) is 29.1. The number of hydrogen-bond acceptors (Lipinski definition) is 5. The molecule has 1 aliphatic carbocycles. The van der Waals surface area contributed by atoms with Crippen LogP contribution in [0.5, 0.6) is 11.5 Å². The lowest BCUT2D eigenvalue weighted by molar-refractivity contribution is 0.200. The number of rotatable bonds is 14. The van der Waals surface area contributed by atoms with Gasteiger partial charge in [0, 0.05) is 43.0 Å². The fourth-order valence-corrected chi connectivity index (χ4v) is 6.60. The van der Waals surface area contributed by atoms with E-state index in [9.17, 15) is 9.59 Å². The lowest BCUT2D eigenvalue weighted by Gasteiger charge is -2.41. The summed E-state index contributed by atoms with van der Waals surface area (Å²) in [5.41, 5.74) is 11.2. The van der Waals surface area contributed by atoms with E-state index in [0.717, 1.165) is 31.4 Å². The van der Waals surface area contributed by atoms with Crippen molar-refractivity contribution in [1.82, 2.24) is 10.2 Å². The normalized spacial score (nSPS) is 15.5. The van der Waals surface area contributed by atoms with Crippen molar-refractivity contribution in [1.29, 1.82) is 0 Å². The standard InChI is InChI=1S/C41H49N5O4/c1-30(28-43-40(47)44-33-18-22-35(49-2)23-19-33)29-45(27-26-37(31-12-6-4-7-13-31)32-14-8-5-9-15-32)41(48)46(39-17-11-10-16-38(39)42)34-20-24-36(50-3)25-21-34/h4-9,12-15,18-25,37-39H,1,10-11,16-17,26-29,42H2,2-3H3,(H2,43,44,47)/t38-,39-/m1/s1. The van der Waals surface area contributed by atoms with Crippen molar-refractivity contribution in [2.45, 2.75) is 50.1 Å². The monoisotopic (exact) mass is 675 g/mol. The van der Waals surface area contributed by atoms with Crippen LogP contribution in [0.2, 0.25) is 0 Å². The minimum atomic E-state index is -0.365. The van der Waals surface area contributed by atoms with Gasteiger partial charge in [-0.05, 0) is 84.5 Å². The number of ether oxygens (including phenoxy) is 2. The first-order valence-corrected chi connectivity index (χ1v) is 17.3. The van der Waals surface area contributed by atoms with Crippen LogP contribution >= 0.6 is 0 Å². The summed E-state index contributed by atoms with van der Waals surface area (Å²) in [5.74, 6) is 1.49. The molecule has 262 valence electrons. The molecule has 0 aliphatic heterocycles. The Morgan fingerprint density at radius 3 is 1.94 bits per heavy atom. The van der Waals surface area contributed by atoms with Gasteiger partial charge in [0.15, 0.2) is 0 Å². The summed E-state index contributed by atoms with van der Waals surface area (Å²) >= 11 is 0. The van der Waals surface area contributed by atoms with Crippen molar-refractivity contribution in [2.75, 3.05) is 44.1 Å². The first kappa shape index (κ1) is 36.0. The van der Waals surface area contributed by atoms with Crippen LogP contribution in [0.1, 0.15) is 49.1 Å². The highest BCUT2D eigenvalue weighted by Gasteiger charge is 2.35. The molecule has 0 aromatic heterocycles. The second-order valence-corrected chi connectivity index (χ2v) is 12.7.